The molecule has 2 atom stereocenters. The van der Waals surface area contributed by atoms with Crippen LogP contribution in [-0.2, 0) is 4.79 Å². The number of carbonyl (C=O) groups excluding carboxylic acids is 3. The van der Waals surface area contributed by atoms with E-state index in [9.17, 15) is 19.5 Å². The monoisotopic (exact) mass is 342 g/mol. The van der Waals surface area contributed by atoms with Gasteiger partial charge in [-0.05, 0) is 19.1 Å². The third-order valence-electron chi connectivity index (χ3n) is 3.61. The zero-order valence-corrected chi connectivity index (χ0v) is 13.5. The van der Waals surface area contributed by atoms with Gasteiger partial charge in [-0.2, -0.15) is 0 Å². The number of benzene rings is 2. The van der Waals surface area contributed by atoms with Crippen LogP contribution in [0.3, 0.4) is 0 Å². The van der Waals surface area contributed by atoms with Crippen LogP contribution < -0.4 is 10.8 Å². The molecule has 0 aliphatic heterocycles. The van der Waals surface area contributed by atoms with Gasteiger partial charge in [-0.3, -0.25) is 19.6 Å². The first kappa shape index (κ1) is 18.3. The highest BCUT2D eigenvalue weighted by Crippen LogP contribution is 2.11. The fourth-order valence-electron chi connectivity index (χ4n) is 2.23. The molecule has 7 heteroatoms. The van der Waals surface area contributed by atoms with Crippen molar-refractivity contribution in [3.8, 4) is 0 Å². The lowest BCUT2D eigenvalue weighted by molar-refractivity contribution is -0.133. The molecule has 0 aromatic heterocycles. The fraction of sp³-hybridized carbons (Fsp3) is 0.167. The van der Waals surface area contributed by atoms with Gasteiger partial charge in [-0.1, -0.05) is 42.5 Å². The molecule has 0 heterocycles. The van der Waals surface area contributed by atoms with Gasteiger partial charge in [0.25, 0.3) is 11.8 Å². The van der Waals surface area contributed by atoms with E-state index in [0.29, 0.717) is 11.1 Å². The van der Waals surface area contributed by atoms with E-state index in [1.165, 1.54) is 36.7 Å². The molecule has 0 bridgehead atoms. The molecule has 0 aliphatic rings. The Morgan fingerprint density at radius 3 is 1.92 bits per heavy atom. The van der Waals surface area contributed by atoms with Crippen molar-refractivity contribution in [2.75, 3.05) is 0 Å². The number of ketones is 1. The van der Waals surface area contributed by atoms with E-state index in [1.807, 2.05) is 6.07 Å². The minimum atomic E-state index is -1.30. The summed E-state index contributed by atoms with van der Waals surface area (Å²) in [5.41, 5.74) is 2.55. The van der Waals surface area contributed by atoms with Crippen molar-refractivity contribution >= 4 is 17.6 Å². The van der Waals surface area contributed by atoms with E-state index in [2.05, 4.69) is 5.32 Å². The molecule has 25 heavy (non-hydrogen) atoms. The Morgan fingerprint density at radius 2 is 1.40 bits per heavy atom. The molecule has 7 nitrogen and oxygen atoms in total. The minimum absolute atomic E-state index is 0.172. The molecule has 2 amide bonds. The highest BCUT2D eigenvalue weighted by Gasteiger charge is 2.25. The van der Waals surface area contributed by atoms with Crippen molar-refractivity contribution < 1.29 is 24.7 Å². The molecule has 130 valence electrons. The SMILES string of the molecule is CC(O)C(NC(=O)c1ccc(C(=O)c2ccccc2)cc1)C(=O)NO. The molecule has 0 saturated heterocycles. The number of rotatable bonds is 6. The van der Waals surface area contributed by atoms with Crippen LogP contribution in [0, 0.1) is 0 Å². The minimum Gasteiger partial charge on any atom is -0.391 e. The third-order valence-corrected chi connectivity index (χ3v) is 3.61. The molecular weight excluding hydrogens is 324 g/mol. The lowest BCUT2D eigenvalue weighted by atomic mass is 10.0. The summed E-state index contributed by atoms with van der Waals surface area (Å²) in [5, 5.41) is 20.5. The number of hydroxylamine groups is 1. The largest absolute Gasteiger partial charge is 0.391 e. The summed E-state index contributed by atoms with van der Waals surface area (Å²) in [6.07, 6.45) is -1.20. The summed E-state index contributed by atoms with van der Waals surface area (Å²) < 4.78 is 0. The van der Waals surface area contributed by atoms with Gasteiger partial charge in [-0.15, -0.1) is 0 Å². The maximum atomic E-state index is 12.3. The van der Waals surface area contributed by atoms with E-state index < -0.39 is 24.0 Å². The highest BCUT2D eigenvalue weighted by molar-refractivity contribution is 6.09. The van der Waals surface area contributed by atoms with Gasteiger partial charge in [0.05, 0.1) is 6.10 Å². The van der Waals surface area contributed by atoms with Crippen LogP contribution in [-0.4, -0.2) is 40.1 Å². The summed E-state index contributed by atoms with van der Waals surface area (Å²) in [7, 11) is 0. The predicted octanol–water partition coefficient (Wildman–Crippen LogP) is 0.902. The maximum absolute atomic E-state index is 12.3. The van der Waals surface area contributed by atoms with Crippen molar-refractivity contribution in [1.82, 2.24) is 10.8 Å². The van der Waals surface area contributed by atoms with Gasteiger partial charge >= 0.3 is 0 Å². The third kappa shape index (κ3) is 4.50. The number of nitrogens with one attached hydrogen (secondary N) is 2. The second-order valence-electron chi connectivity index (χ2n) is 5.44. The molecular formula is C18H18N2O5. The molecule has 4 N–H and O–H groups in total. The summed E-state index contributed by atoms with van der Waals surface area (Å²) >= 11 is 0. The Hall–Kier alpha value is -3.03. The van der Waals surface area contributed by atoms with Crippen molar-refractivity contribution in [2.45, 2.75) is 19.1 Å². The van der Waals surface area contributed by atoms with Crippen LogP contribution in [0.15, 0.2) is 54.6 Å². The lowest BCUT2D eigenvalue weighted by Gasteiger charge is -2.19. The van der Waals surface area contributed by atoms with E-state index >= 15 is 0 Å². The summed E-state index contributed by atoms with van der Waals surface area (Å²) in [6.45, 7) is 1.31. The average molecular weight is 342 g/mol. The molecule has 2 aromatic carbocycles. The van der Waals surface area contributed by atoms with Crippen molar-refractivity contribution in [1.29, 1.82) is 0 Å². The molecule has 0 spiro atoms. The number of carbonyl (C=O) groups is 3. The Morgan fingerprint density at radius 1 is 0.880 bits per heavy atom. The smallest absolute Gasteiger partial charge is 0.268 e. The van der Waals surface area contributed by atoms with Gasteiger partial charge in [0, 0.05) is 16.7 Å². The zero-order valence-electron chi connectivity index (χ0n) is 13.5. The van der Waals surface area contributed by atoms with Gasteiger partial charge in [0.15, 0.2) is 5.78 Å². The van der Waals surface area contributed by atoms with E-state index in [0.717, 1.165) is 0 Å². The fourth-order valence-corrected chi connectivity index (χ4v) is 2.23. The van der Waals surface area contributed by atoms with Crippen LogP contribution in [0.4, 0.5) is 0 Å². The van der Waals surface area contributed by atoms with Gasteiger partial charge in [0.1, 0.15) is 6.04 Å². The summed E-state index contributed by atoms with van der Waals surface area (Å²) in [5.74, 6) is -1.72. The molecule has 0 radical (unpaired) electrons. The number of aliphatic hydroxyl groups excluding tert-OH is 1. The quantitative estimate of drug-likeness (QED) is 0.354. The Kier molecular flexibility index (Phi) is 5.99. The first-order valence-corrected chi connectivity index (χ1v) is 7.56. The Labute approximate surface area is 144 Å². The number of amides is 2. The average Bonchev–Trinajstić information content (AvgIpc) is 2.65. The Bertz CT molecular complexity index is 757. The van der Waals surface area contributed by atoms with E-state index in [4.69, 9.17) is 5.21 Å². The van der Waals surface area contributed by atoms with Gasteiger partial charge in [-0.25, -0.2) is 5.48 Å². The normalized spacial score (nSPS) is 12.8. The summed E-state index contributed by atoms with van der Waals surface area (Å²) in [4.78, 5) is 35.9. The topological polar surface area (TPSA) is 116 Å². The second kappa shape index (κ2) is 8.18. The van der Waals surface area contributed by atoms with Crippen molar-refractivity contribution in [3.05, 3.63) is 71.3 Å². The molecule has 0 fully saturated rings. The van der Waals surface area contributed by atoms with Crippen LogP contribution in [0.5, 0.6) is 0 Å². The summed E-state index contributed by atoms with van der Waals surface area (Å²) in [6, 6.07) is 13.3. The molecule has 0 saturated carbocycles. The molecule has 0 aliphatic carbocycles. The Balaban J connectivity index is 2.12. The van der Waals surface area contributed by atoms with Crippen LogP contribution in [0.25, 0.3) is 0 Å². The second-order valence-corrected chi connectivity index (χ2v) is 5.44. The lowest BCUT2D eigenvalue weighted by Crippen LogP contribution is -2.51. The van der Waals surface area contributed by atoms with Gasteiger partial charge in [0.2, 0.25) is 0 Å². The van der Waals surface area contributed by atoms with Crippen LogP contribution in [0.1, 0.15) is 33.2 Å². The molecule has 2 unspecified atom stereocenters. The van der Waals surface area contributed by atoms with E-state index in [1.54, 1.807) is 24.3 Å². The van der Waals surface area contributed by atoms with Crippen molar-refractivity contribution in [2.24, 2.45) is 0 Å². The van der Waals surface area contributed by atoms with Crippen LogP contribution >= 0.6 is 0 Å². The van der Waals surface area contributed by atoms with Gasteiger partial charge < -0.3 is 10.4 Å². The van der Waals surface area contributed by atoms with Crippen molar-refractivity contribution in [3.63, 3.8) is 0 Å². The number of hydrogen-bond donors (Lipinski definition) is 4. The van der Waals surface area contributed by atoms with Crippen LogP contribution in [0.2, 0.25) is 0 Å². The first-order valence-electron chi connectivity index (χ1n) is 7.56. The number of aliphatic hydroxyl groups is 1. The molecule has 2 rings (SSSR count). The highest BCUT2D eigenvalue weighted by atomic mass is 16.5. The predicted molar refractivity (Wildman–Crippen MR) is 89.2 cm³/mol. The molecule has 2 aromatic rings. The maximum Gasteiger partial charge on any atom is 0.268 e. The first-order chi connectivity index (χ1) is 11.9. The standard InChI is InChI=1S/C18H18N2O5/c1-11(21)15(18(24)20-25)19-17(23)14-9-7-13(8-10-14)16(22)12-5-3-2-4-6-12/h2-11,15,21,25H,1H3,(H,19,23)(H,20,24). The zero-order chi connectivity index (χ0) is 18.4. The van der Waals surface area contributed by atoms with E-state index in [-0.39, 0.29) is 11.3 Å². The number of hydrogen-bond acceptors (Lipinski definition) is 5.